The molecule has 1 aromatic heterocycles. The standard InChI is InChI=1S/C15H19N3O3/c1-10(2)13(19)7-16-14(20)8-18-9-17-12-6-4-3-5-11(12)15(18)21/h3-6,9-10,13,19H,7-8H2,1-2H3,(H,16,20). The maximum absolute atomic E-state index is 12.2. The summed E-state index contributed by atoms with van der Waals surface area (Å²) in [4.78, 5) is 28.2. The lowest BCUT2D eigenvalue weighted by molar-refractivity contribution is -0.122. The molecule has 0 aliphatic heterocycles. The Kier molecular flexibility index (Phi) is 4.70. The first-order valence-electron chi connectivity index (χ1n) is 6.88. The molecule has 2 aromatic rings. The molecule has 2 N–H and O–H groups in total. The van der Waals surface area contributed by atoms with E-state index in [-0.39, 0.29) is 30.5 Å². The van der Waals surface area contributed by atoms with Crippen LogP contribution in [-0.4, -0.2) is 33.2 Å². The Morgan fingerprint density at radius 1 is 1.38 bits per heavy atom. The largest absolute Gasteiger partial charge is 0.391 e. The van der Waals surface area contributed by atoms with E-state index in [1.54, 1.807) is 24.3 Å². The van der Waals surface area contributed by atoms with Gasteiger partial charge in [-0.3, -0.25) is 14.2 Å². The normalized spacial score (nSPS) is 12.6. The summed E-state index contributed by atoms with van der Waals surface area (Å²) in [6.45, 7) is 3.80. The fraction of sp³-hybridized carbons (Fsp3) is 0.400. The third-order valence-corrected chi connectivity index (χ3v) is 3.32. The number of aromatic nitrogens is 2. The minimum atomic E-state index is -0.597. The van der Waals surface area contributed by atoms with Crippen LogP contribution in [0.4, 0.5) is 0 Å². The van der Waals surface area contributed by atoms with Crippen molar-refractivity contribution in [3.8, 4) is 0 Å². The molecule has 1 heterocycles. The molecule has 1 unspecified atom stereocenters. The number of carbonyl (C=O) groups excluding carboxylic acids is 1. The van der Waals surface area contributed by atoms with Crippen LogP contribution in [0.15, 0.2) is 35.4 Å². The molecule has 0 saturated heterocycles. The summed E-state index contributed by atoms with van der Waals surface area (Å²) in [6.07, 6.45) is 0.767. The molecule has 6 nitrogen and oxygen atoms in total. The minimum Gasteiger partial charge on any atom is -0.391 e. The predicted octanol–water partition coefficient (Wildman–Crippen LogP) is 0.530. The van der Waals surface area contributed by atoms with Crippen molar-refractivity contribution in [1.82, 2.24) is 14.9 Å². The van der Waals surface area contributed by atoms with Crippen LogP contribution in [0.2, 0.25) is 0 Å². The summed E-state index contributed by atoms with van der Waals surface area (Å²) in [7, 11) is 0. The molecule has 112 valence electrons. The SMILES string of the molecule is CC(C)C(O)CNC(=O)Cn1cnc2ccccc2c1=O. The zero-order valence-electron chi connectivity index (χ0n) is 12.1. The van der Waals surface area contributed by atoms with E-state index in [0.29, 0.717) is 10.9 Å². The van der Waals surface area contributed by atoms with Crippen molar-refractivity contribution in [1.29, 1.82) is 0 Å². The van der Waals surface area contributed by atoms with Crippen molar-refractivity contribution < 1.29 is 9.90 Å². The number of fused-ring (bicyclic) bond motifs is 1. The zero-order valence-corrected chi connectivity index (χ0v) is 12.1. The van der Waals surface area contributed by atoms with Crippen molar-refractivity contribution in [2.75, 3.05) is 6.54 Å². The number of hydrogen-bond acceptors (Lipinski definition) is 4. The number of para-hydroxylation sites is 1. The average molecular weight is 289 g/mol. The van der Waals surface area contributed by atoms with Gasteiger partial charge in [0.1, 0.15) is 6.54 Å². The van der Waals surface area contributed by atoms with Crippen LogP contribution in [0.25, 0.3) is 10.9 Å². The third kappa shape index (κ3) is 3.66. The topological polar surface area (TPSA) is 84.2 Å². The van der Waals surface area contributed by atoms with E-state index in [1.165, 1.54) is 10.9 Å². The van der Waals surface area contributed by atoms with E-state index in [2.05, 4.69) is 10.3 Å². The Morgan fingerprint density at radius 2 is 2.10 bits per heavy atom. The lowest BCUT2D eigenvalue weighted by atomic mass is 10.1. The van der Waals surface area contributed by atoms with Crippen LogP contribution in [0.1, 0.15) is 13.8 Å². The lowest BCUT2D eigenvalue weighted by Crippen LogP contribution is -2.38. The second-order valence-electron chi connectivity index (χ2n) is 5.31. The second kappa shape index (κ2) is 6.49. The maximum Gasteiger partial charge on any atom is 0.261 e. The summed E-state index contributed by atoms with van der Waals surface area (Å²) in [5.41, 5.74) is 0.356. The van der Waals surface area contributed by atoms with Crippen molar-refractivity contribution in [2.45, 2.75) is 26.5 Å². The highest BCUT2D eigenvalue weighted by atomic mass is 16.3. The van der Waals surface area contributed by atoms with E-state index < -0.39 is 6.10 Å². The number of hydrogen-bond donors (Lipinski definition) is 2. The van der Waals surface area contributed by atoms with Crippen LogP contribution in [-0.2, 0) is 11.3 Å². The van der Waals surface area contributed by atoms with Gasteiger partial charge in [-0.2, -0.15) is 0 Å². The molecule has 0 spiro atoms. The molecule has 0 fully saturated rings. The minimum absolute atomic E-state index is 0.0651. The summed E-state index contributed by atoms with van der Waals surface area (Å²) in [5, 5.41) is 12.7. The number of rotatable bonds is 5. The van der Waals surface area contributed by atoms with Gasteiger partial charge in [0, 0.05) is 6.54 Å². The second-order valence-corrected chi connectivity index (χ2v) is 5.31. The Morgan fingerprint density at radius 3 is 2.81 bits per heavy atom. The molecule has 1 aromatic carbocycles. The van der Waals surface area contributed by atoms with Gasteiger partial charge >= 0.3 is 0 Å². The molecule has 0 aliphatic carbocycles. The van der Waals surface area contributed by atoms with Crippen molar-refractivity contribution >= 4 is 16.8 Å². The first-order valence-corrected chi connectivity index (χ1v) is 6.88. The smallest absolute Gasteiger partial charge is 0.261 e. The third-order valence-electron chi connectivity index (χ3n) is 3.32. The van der Waals surface area contributed by atoms with Crippen molar-refractivity contribution in [2.24, 2.45) is 5.92 Å². The monoisotopic (exact) mass is 289 g/mol. The number of aliphatic hydroxyl groups is 1. The number of benzene rings is 1. The van der Waals surface area contributed by atoms with Gasteiger partial charge in [-0.1, -0.05) is 26.0 Å². The summed E-state index contributed by atoms with van der Waals surface area (Å²) >= 11 is 0. The number of amides is 1. The van der Waals surface area contributed by atoms with Crippen LogP contribution < -0.4 is 10.9 Å². The highest BCUT2D eigenvalue weighted by Gasteiger charge is 2.12. The van der Waals surface area contributed by atoms with Crippen LogP contribution in [0, 0.1) is 5.92 Å². The average Bonchev–Trinajstić information content (AvgIpc) is 2.48. The molecule has 0 bridgehead atoms. The van der Waals surface area contributed by atoms with Gasteiger partial charge in [-0.15, -0.1) is 0 Å². The molecule has 1 amide bonds. The molecular weight excluding hydrogens is 270 g/mol. The number of nitrogens with zero attached hydrogens (tertiary/aromatic N) is 2. The Hall–Kier alpha value is -2.21. The molecule has 0 aliphatic rings. The van der Waals surface area contributed by atoms with Gasteiger partial charge in [-0.25, -0.2) is 4.98 Å². The van der Waals surface area contributed by atoms with Crippen molar-refractivity contribution in [3.63, 3.8) is 0 Å². The molecule has 0 radical (unpaired) electrons. The summed E-state index contributed by atoms with van der Waals surface area (Å²) in [5.74, 6) is -0.260. The maximum atomic E-state index is 12.2. The Bertz CT molecular complexity index is 694. The fourth-order valence-corrected chi connectivity index (χ4v) is 1.88. The molecular formula is C15H19N3O3. The summed E-state index contributed by atoms with van der Waals surface area (Å²) in [6, 6.07) is 7.00. The molecule has 21 heavy (non-hydrogen) atoms. The molecule has 2 rings (SSSR count). The van der Waals surface area contributed by atoms with Crippen LogP contribution >= 0.6 is 0 Å². The molecule has 1 atom stereocenters. The zero-order chi connectivity index (χ0) is 15.4. The molecule has 6 heteroatoms. The molecule has 0 saturated carbocycles. The van der Waals surface area contributed by atoms with Gasteiger partial charge in [0.25, 0.3) is 5.56 Å². The van der Waals surface area contributed by atoms with E-state index in [1.807, 2.05) is 13.8 Å². The van der Waals surface area contributed by atoms with E-state index in [4.69, 9.17) is 0 Å². The highest BCUT2D eigenvalue weighted by Crippen LogP contribution is 2.04. The lowest BCUT2D eigenvalue weighted by Gasteiger charge is -2.15. The van der Waals surface area contributed by atoms with Gasteiger partial charge in [0.05, 0.1) is 23.3 Å². The fourth-order valence-electron chi connectivity index (χ4n) is 1.88. The van der Waals surface area contributed by atoms with Gasteiger partial charge < -0.3 is 10.4 Å². The number of nitrogens with one attached hydrogen (secondary N) is 1. The van der Waals surface area contributed by atoms with Gasteiger partial charge in [0.15, 0.2) is 0 Å². The van der Waals surface area contributed by atoms with Gasteiger partial charge in [-0.05, 0) is 18.1 Å². The first-order chi connectivity index (χ1) is 9.99. The van der Waals surface area contributed by atoms with E-state index in [9.17, 15) is 14.7 Å². The predicted molar refractivity (Wildman–Crippen MR) is 79.9 cm³/mol. The quantitative estimate of drug-likeness (QED) is 0.841. The van der Waals surface area contributed by atoms with Gasteiger partial charge in [0.2, 0.25) is 5.91 Å². The summed E-state index contributed by atoms with van der Waals surface area (Å²) < 4.78 is 1.26. The van der Waals surface area contributed by atoms with Crippen LogP contribution in [0.3, 0.4) is 0 Å². The highest BCUT2D eigenvalue weighted by molar-refractivity contribution is 5.78. The van der Waals surface area contributed by atoms with Crippen molar-refractivity contribution in [3.05, 3.63) is 40.9 Å². The first kappa shape index (κ1) is 15.2. The van der Waals surface area contributed by atoms with E-state index >= 15 is 0 Å². The van der Waals surface area contributed by atoms with E-state index in [0.717, 1.165) is 0 Å². The number of carbonyl (C=O) groups is 1. The Labute approximate surface area is 122 Å². The van der Waals surface area contributed by atoms with Crippen LogP contribution in [0.5, 0.6) is 0 Å². The number of aliphatic hydroxyl groups excluding tert-OH is 1. The Balaban J connectivity index is 2.08.